The van der Waals surface area contributed by atoms with E-state index in [0.29, 0.717) is 11.8 Å². The number of rotatable bonds is 4. The normalized spacial score (nSPS) is 12.4. The first-order valence-electron chi connectivity index (χ1n) is 5.18. The van der Waals surface area contributed by atoms with Gasteiger partial charge in [-0.05, 0) is 18.2 Å². The molecular formula is C12H10ClF2NO2. The maximum absolute atomic E-state index is 13.4. The Morgan fingerprint density at radius 3 is 2.78 bits per heavy atom. The minimum Gasteiger partial charge on any atom is -0.467 e. The molecule has 2 rings (SSSR count). The fourth-order valence-electron chi connectivity index (χ4n) is 1.49. The van der Waals surface area contributed by atoms with E-state index < -0.39 is 17.7 Å². The van der Waals surface area contributed by atoms with E-state index in [-0.39, 0.29) is 17.3 Å². The van der Waals surface area contributed by atoms with Crippen LogP contribution in [-0.4, -0.2) is 11.7 Å². The van der Waals surface area contributed by atoms with Gasteiger partial charge in [-0.2, -0.15) is 0 Å². The summed E-state index contributed by atoms with van der Waals surface area (Å²) in [4.78, 5) is 0. The highest BCUT2D eigenvalue weighted by molar-refractivity contribution is 6.33. The van der Waals surface area contributed by atoms with Crippen LogP contribution in [0.2, 0.25) is 5.02 Å². The second kappa shape index (κ2) is 5.37. The van der Waals surface area contributed by atoms with Gasteiger partial charge < -0.3 is 14.8 Å². The summed E-state index contributed by atoms with van der Waals surface area (Å²) in [6, 6.07) is 4.93. The van der Waals surface area contributed by atoms with Crippen LogP contribution in [0.4, 0.5) is 14.5 Å². The molecule has 2 N–H and O–H groups in total. The average Bonchev–Trinajstić information content (AvgIpc) is 2.80. The molecule has 0 saturated carbocycles. The van der Waals surface area contributed by atoms with Crippen LogP contribution in [0.1, 0.15) is 11.9 Å². The Morgan fingerprint density at radius 2 is 2.17 bits per heavy atom. The molecule has 0 fully saturated rings. The Labute approximate surface area is 107 Å². The standard InChI is InChI=1S/C12H10ClF2NO2/c13-8-4-7(14)5-9(15)12(8)16-6-10(17)11-2-1-3-18-11/h1-5,10,16-17H,6H2. The second-order valence-corrected chi connectivity index (χ2v) is 4.06. The van der Waals surface area contributed by atoms with Crippen molar-refractivity contribution in [3.63, 3.8) is 0 Å². The molecule has 1 aromatic carbocycles. The first-order valence-corrected chi connectivity index (χ1v) is 5.55. The van der Waals surface area contributed by atoms with Crippen LogP contribution >= 0.6 is 11.6 Å². The lowest BCUT2D eigenvalue weighted by atomic mass is 10.2. The molecule has 0 spiro atoms. The summed E-state index contributed by atoms with van der Waals surface area (Å²) in [6.07, 6.45) is 0.477. The van der Waals surface area contributed by atoms with Crippen molar-refractivity contribution in [3.05, 3.63) is 52.9 Å². The number of benzene rings is 1. The summed E-state index contributed by atoms with van der Waals surface area (Å²) in [5.74, 6) is -1.22. The number of aliphatic hydroxyl groups excluding tert-OH is 1. The molecule has 6 heteroatoms. The van der Waals surface area contributed by atoms with Gasteiger partial charge in [-0.25, -0.2) is 8.78 Å². The van der Waals surface area contributed by atoms with Crippen LogP contribution in [0.15, 0.2) is 34.9 Å². The van der Waals surface area contributed by atoms with E-state index >= 15 is 0 Å². The third kappa shape index (κ3) is 2.80. The van der Waals surface area contributed by atoms with Crippen LogP contribution in [0.3, 0.4) is 0 Å². The minimum absolute atomic E-state index is 0.00418. The zero-order valence-electron chi connectivity index (χ0n) is 9.16. The fraction of sp³-hybridized carbons (Fsp3) is 0.167. The zero-order valence-corrected chi connectivity index (χ0v) is 9.92. The molecule has 0 amide bonds. The zero-order chi connectivity index (χ0) is 13.1. The molecule has 1 unspecified atom stereocenters. The summed E-state index contributed by atoms with van der Waals surface area (Å²) < 4.78 is 31.2. The number of hydrogen-bond donors (Lipinski definition) is 2. The Kier molecular flexibility index (Phi) is 3.84. The van der Waals surface area contributed by atoms with Crippen LogP contribution < -0.4 is 5.32 Å². The monoisotopic (exact) mass is 273 g/mol. The molecule has 1 atom stereocenters. The molecule has 2 aromatic rings. The molecule has 18 heavy (non-hydrogen) atoms. The van der Waals surface area contributed by atoms with Crippen LogP contribution in [0.25, 0.3) is 0 Å². The van der Waals surface area contributed by atoms with E-state index in [1.807, 2.05) is 0 Å². The second-order valence-electron chi connectivity index (χ2n) is 3.66. The van der Waals surface area contributed by atoms with Gasteiger partial charge in [-0.3, -0.25) is 0 Å². The van der Waals surface area contributed by atoms with Crippen molar-refractivity contribution in [1.29, 1.82) is 0 Å². The fourth-order valence-corrected chi connectivity index (χ4v) is 1.75. The predicted octanol–water partition coefficient (Wildman–Crippen LogP) is 3.36. The summed E-state index contributed by atoms with van der Waals surface area (Å²) >= 11 is 5.70. The Bertz CT molecular complexity index is 508. The van der Waals surface area contributed by atoms with Crippen LogP contribution in [0, 0.1) is 11.6 Å². The molecule has 96 valence electrons. The van der Waals surface area contributed by atoms with Crippen molar-refractivity contribution in [2.45, 2.75) is 6.10 Å². The molecular weight excluding hydrogens is 264 g/mol. The van der Waals surface area contributed by atoms with Crippen molar-refractivity contribution in [3.8, 4) is 0 Å². The van der Waals surface area contributed by atoms with Gasteiger partial charge in [0, 0.05) is 12.6 Å². The first-order chi connectivity index (χ1) is 8.58. The van der Waals surface area contributed by atoms with E-state index in [1.54, 1.807) is 12.1 Å². The maximum Gasteiger partial charge on any atom is 0.150 e. The molecule has 1 aromatic heterocycles. The van der Waals surface area contributed by atoms with Crippen molar-refractivity contribution >= 4 is 17.3 Å². The van der Waals surface area contributed by atoms with Crippen LogP contribution in [-0.2, 0) is 0 Å². The molecule has 0 aliphatic carbocycles. The number of halogens is 3. The lowest BCUT2D eigenvalue weighted by Crippen LogP contribution is -2.12. The summed E-state index contributed by atoms with van der Waals surface area (Å²) in [7, 11) is 0. The lowest BCUT2D eigenvalue weighted by Gasteiger charge is -2.12. The molecule has 1 heterocycles. The van der Waals surface area contributed by atoms with Gasteiger partial charge in [0.05, 0.1) is 17.0 Å². The van der Waals surface area contributed by atoms with Gasteiger partial charge in [0.25, 0.3) is 0 Å². The summed E-state index contributed by atoms with van der Waals surface area (Å²) in [5, 5.41) is 12.2. The molecule has 0 saturated heterocycles. The molecule has 0 radical (unpaired) electrons. The highest BCUT2D eigenvalue weighted by Gasteiger charge is 2.14. The van der Waals surface area contributed by atoms with E-state index in [2.05, 4.69) is 5.32 Å². The van der Waals surface area contributed by atoms with Gasteiger partial charge in [0.2, 0.25) is 0 Å². The van der Waals surface area contributed by atoms with Crippen molar-refractivity contribution in [2.75, 3.05) is 11.9 Å². The van der Waals surface area contributed by atoms with Crippen molar-refractivity contribution < 1.29 is 18.3 Å². The van der Waals surface area contributed by atoms with E-state index in [0.717, 1.165) is 6.07 Å². The molecule has 3 nitrogen and oxygen atoms in total. The number of nitrogens with one attached hydrogen (secondary N) is 1. The highest BCUT2D eigenvalue weighted by Crippen LogP contribution is 2.27. The lowest BCUT2D eigenvalue weighted by molar-refractivity contribution is 0.162. The maximum atomic E-state index is 13.4. The minimum atomic E-state index is -0.944. The number of aliphatic hydroxyl groups is 1. The number of furan rings is 1. The van der Waals surface area contributed by atoms with Crippen molar-refractivity contribution in [2.24, 2.45) is 0 Å². The van der Waals surface area contributed by atoms with Gasteiger partial charge in [0.1, 0.15) is 17.7 Å². The largest absolute Gasteiger partial charge is 0.467 e. The first kappa shape index (κ1) is 12.9. The van der Waals surface area contributed by atoms with Gasteiger partial charge in [0.15, 0.2) is 5.82 Å². The quantitative estimate of drug-likeness (QED) is 0.898. The Balaban J connectivity index is 2.07. The Hall–Kier alpha value is -1.59. The molecule has 0 bridgehead atoms. The topological polar surface area (TPSA) is 45.4 Å². The van der Waals surface area contributed by atoms with Crippen LogP contribution in [0.5, 0.6) is 0 Å². The third-order valence-electron chi connectivity index (χ3n) is 2.35. The van der Waals surface area contributed by atoms with Crippen molar-refractivity contribution in [1.82, 2.24) is 0 Å². The summed E-state index contributed by atoms with van der Waals surface area (Å²) in [6.45, 7) is -0.00418. The molecule has 0 aliphatic heterocycles. The average molecular weight is 274 g/mol. The Morgan fingerprint density at radius 1 is 1.39 bits per heavy atom. The van der Waals surface area contributed by atoms with E-state index in [4.69, 9.17) is 16.0 Å². The van der Waals surface area contributed by atoms with E-state index in [9.17, 15) is 13.9 Å². The third-order valence-corrected chi connectivity index (χ3v) is 2.65. The SMILES string of the molecule is OC(CNc1c(F)cc(F)cc1Cl)c1ccco1. The van der Waals surface area contributed by atoms with Gasteiger partial charge >= 0.3 is 0 Å². The molecule has 0 aliphatic rings. The number of anilines is 1. The summed E-state index contributed by atoms with van der Waals surface area (Å²) in [5.41, 5.74) is -0.0522. The number of hydrogen-bond acceptors (Lipinski definition) is 3. The smallest absolute Gasteiger partial charge is 0.150 e. The van der Waals surface area contributed by atoms with Gasteiger partial charge in [-0.15, -0.1) is 0 Å². The van der Waals surface area contributed by atoms with E-state index in [1.165, 1.54) is 6.26 Å². The van der Waals surface area contributed by atoms with Gasteiger partial charge in [-0.1, -0.05) is 11.6 Å². The highest BCUT2D eigenvalue weighted by atomic mass is 35.5. The predicted molar refractivity (Wildman–Crippen MR) is 63.5 cm³/mol.